The van der Waals surface area contributed by atoms with E-state index in [0.29, 0.717) is 0 Å². The van der Waals surface area contributed by atoms with Crippen LogP contribution in [0, 0.1) is 0 Å². The molecule has 1 aliphatic rings. The normalized spacial score (nSPS) is 17.0. The molecule has 0 atom stereocenters. The summed E-state index contributed by atoms with van der Waals surface area (Å²) < 4.78 is 4.83. The fraction of sp³-hybridized carbons (Fsp3) is 0.333. The van der Waals surface area contributed by atoms with Crippen molar-refractivity contribution in [3.63, 3.8) is 0 Å². The number of aromatic amines is 2. The van der Waals surface area contributed by atoms with Crippen molar-refractivity contribution < 1.29 is 9.53 Å². The molecule has 0 aliphatic heterocycles. The van der Waals surface area contributed by atoms with Crippen LogP contribution in [-0.2, 0) is 14.9 Å². The van der Waals surface area contributed by atoms with Gasteiger partial charge >= 0.3 is 11.7 Å². The average molecular weight is 232 g/mol. The molecule has 0 bridgehead atoms. The quantitative estimate of drug-likeness (QED) is 0.760. The summed E-state index contributed by atoms with van der Waals surface area (Å²) in [6, 6.07) is 5.53. The molecule has 1 fully saturated rings. The maximum Gasteiger partial charge on any atom is 0.323 e. The molecule has 0 saturated heterocycles. The van der Waals surface area contributed by atoms with Crippen molar-refractivity contribution in [3.8, 4) is 0 Å². The molecule has 5 heteroatoms. The van der Waals surface area contributed by atoms with Crippen molar-refractivity contribution in [1.29, 1.82) is 0 Å². The number of esters is 1. The molecule has 0 radical (unpaired) electrons. The van der Waals surface area contributed by atoms with Crippen LogP contribution in [-0.4, -0.2) is 23.0 Å². The predicted octanol–water partition coefficient (Wildman–Crippen LogP) is 1.06. The highest BCUT2D eigenvalue weighted by Gasteiger charge is 2.52. The smallest absolute Gasteiger partial charge is 0.323 e. The summed E-state index contributed by atoms with van der Waals surface area (Å²) in [5.41, 5.74) is 1.66. The first-order chi connectivity index (χ1) is 8.15. The molecule has 1 aromatic heterocycles. The summed E-state index contributed by atoms with van der Waals surface area (Å²) in [5.74, 6) is -0.199. The number of carbonyl (C=O) groups excluding carboxylic acids is 1. The second-order valence-corrected chi connectivity index (χ2v) is 4.41. The Labute approximate surface area is 96.8 Å². The monoisotopic (exact) mass is 232 g/mol. The Morgan fingerprint density at radius 2 is 2.00 bits per heavy atom. The van der Waals surface area contributed by atoms with Gasteiger partial charge in [0.25, 0.3) is 0 Å². The van der Waals surface area contributed by atoms with Crippen LogP contribution in [0.5, 0.6) is 0 Å². The lowest BCUT2D eigenvalue weighted by Gasteiger charge is -2.12. The number of hydrogen-bond donors (Lipinski definition) is 2. The number of carbonyl (C=O) groups is 1. The van der Waals surface area contributed by atoms with Crippen molar-refractivity contribution in [2.24, 2.45) is 0 Å². The Bertz CT molecular complexity index is 649. The van der Waals surface area contributed by atoms with E-state index in [4.69, 9.17) is 4.74 Å². The second kappa shape index (κ2) is 3.23. The summed E-state index contributed by atoms with van der Waals surface area (Å²) in [5, 5.41) is 0. The number of ether oxygens (including phenoxy) is 1. The number of hydrogen-bond acceptors (Lipinski definition) is 3. The minimum atomic E-state index is -0.489. The van der Waals surface area contributed by atoms with Crippen LogP contribution in [0.3, 0.4) is 0 Å². The number of fused-ring (bicyclic) bond motifs is 1. The molecular formula is C12H12N2O3. The molecule has 0 unspecified atom stereocenters. The van der Waals surface area contributed by atoms with Crippen LogP contribution in [0.4, 0.5) is 0 Å². The van der Waals surface area contributed by atoms with Gasteiger partial charge in [0.15, 0.2) is 0 Å². The van der Waals surface area contributed by atoms with Gasteiger partial charge in [0.05, 0.1) is 23.6 Å². The number of methoxy groups -OCH3 is 1. The Kier molecular flexibility index (Phi) is 1.92. The van der Waals surface area contributed by atoms with Crippen LogP contribution in [0.1, 0.15) is 18.4 Å². The summed E-state index contributed by atoms with van der Waals surface area (Å²) in [6.45, 7) is 0. The van der Waals surface area contributed by atoms with E-state index in [-0.39, 0.29) is 11.7 Å². The number of imidazole rings is 1. The first kappa shape index (κ1) is 10.1. The second-order valence-electron chi connectivity index (χ2n) is 4.41. The van der Waals surface area contributed by atoms with Gasteiger partial charge in [-0.3, -0.25) is 4.79 Å². The van der Waals surface area contributed by atoms with Gasteiger partial charge in [-0.2, -0.15) is 0 Å². The molecular weight excluding hydrogens is 220 g/mol. The number of aromatic nitrogens is 2. The van der Waals surface area contributed by atoms with Crippen molar-refractivity contribution in [2.45, 2.75) is 18.3 Å². The lowest BCUT2D eigenvalue weighted by atomic mass is 9.96. The number of H-pyrrole nitrogens is 2. The highest BCUT2D eigenvalue weighted by atomic mass is 16.5. The van der Waals surface area contributed by atoms with Gasteiger partial charge in [0, 0.05) is 0 Å². The fourth-order valence-electron chi connectivity index (χ4n) is 2.26. The topological polar surface area (TPSA) is 75.0 Å². The van der Waals surface area contributed by atoms with Gasteiger partial charge in [-0.15, -0.1) is 0 Å². The van der Waals surface area contributed by atoms with Crippen molar-refractivity contribution >= 4 is 17.0 Å². The van der Waals surface area contributed by atoms with Gasteiger partial charge in [0.1, 0.15) is 0 Å². The zero-order valence-corrected chi connectivity index (χ0v) is 9.37. The first-order valence-corrected chi connectivity index (χ1v) is 5.47. The zero-order valence-electron chi connectivity index (χ0n) is 9.37. The third kappa shape index (κ3) is 1.39. The summed E-state index contributed by atoms with van der Waals surface area (Å²) in [4.78, 5) is 28.3. The molecule has 0 amide bonds. The van der Waals surface area contributed by atoms with Crippen LogP contribution < -0.4 is 5.69 Å². The van der Waals surface area contributed by atoms with E-state index in [2.05, 4.69) is 9.97 Å². The molecule has 1 aromatic carbocycles. The van der Waals surface area contributed by atoms with Gasteiger partial charge in [0.2, 0.25) is 0 Å². The van der Waals surface area contributed by atoms with Crippen LogP contribution in [0.25, 0.3) is 11.0 Å². The average Bonchev–Trinajstić information content (AvgIpc) is 3.04. The summed E-state index contributed by atoms with van der Waals surface area (Å²) in [6.07, 6.45) is 1.61. The maximum absolute atomic E-state index is 11.7. The molecule has 2 aromatic rings. The molecule has 17 heavy (non-hydrogen) atoms. The third-order valence-corrected chi connectivity index (χ3v) is 3.39. The Morgan fingerprint density at radius 3 is 2.65 bits per heavy atom. The molecule has 1 saturated carbocycles. The highest BCUT2D eigenvalue weighted by molar-refractivity contribution is 5.88. The SMILES string of the molecule is COC(=O)C1(c2ccc3[nH]c(=O)[nH]c3c2)CC1. The van der Waals surface area contributed by atoms with E-state index in [1.165, 1.54) is 7.11 Å². The molecule has 5 nitrogen and oxygen atoms in total. The van der Waals surface area contributed by atoms with Gasteiger partial charge < -0.3 is 14.7 Å². The minimum Gasteiger partial charge on any atom is -0.468 e. The van der Waals surface area contributed by atoms with Crippen LogP contribution >= 0.6 is 0 Å². The van der Waals surface area contributed by atoms with E-state index in [1.54, 1.807) is 0 Å². The fourth-order valence-corrected chi connectivity index (χ4v) is 2.26. The molecule has 88 valence electrons. The minimum absolute atomic E-state index is 0.199. The molecule has 1 aliphatic carbocycles. The van der Waals surface area contributed by atoms with Gasteiger partial charge in [-0.25, -0.2) is 4.79 Å². The molecule has 2 N–H and O–H groups in total. The Hall–Kier alpha value is -2.04. The molecule has 3 rings (SSSR count). The van der Waals surface area contributed by atoms with Gasteiger partial charge in [-0.1, -0.05) is 6.07 Å². The largest absolute Gasteiger partial charge is 0.468 e. The number of benzene rings is 1. The molecule has 1 heterocycles. The summed E-state index contributed by atoms with van der Waals surface area (Å²) >= 11 is 0. The lowest BCUT2D eigenvalue weighted by Crippen LogP contribution is -2.21. The highest BCUT2D eigenvalue weighted by Crippen LogP contribution is 2.49. The van der Waals surface area contributed by atoms with E-state index < -0.39 is 5.41 Å². The van der Waals surface area contributed by atoms with Gasteiger partial charge in [-0.05, 0) is 30.5 Å². The predicted molar refractivity (Wildman–Crippen MR) is 61.8 cm³/mol. The van der Waals surface area contributed by atoms with E-state index in [0.717, 1.165) is 29.4 Å². The maximum atomic E-state index is 11.7. The Balaban J connectivity index is 2.12. The van der Waals surface area contributed by atoms with Crippen LogP contribution in [0.2, 0.25) is 0 Å². The van der Waals surface area contributed by atoms with Crippen molar-refractivity contribution in [1.82, 2.24) is 9.97 Å². The first-order valence-electron chi connectivity index (χ1n) is 5.47. The van der Waals surface area contributed by atoms with E-state index >= 15 is 0 Å². The number of rotatable bonds is 2. The van der Waals surface area contributed by atoms with Crippen LogP contribution in [0.15, 0.2) is 23.0 Å². The summed E-state index contributed by atoms with van der Waals surface area (Å²) in [7, 11) is 1.40. The lowest BCUT2D eigenvalue weighted by molar-refractivity contribution is -0.143. The third-order valence-electron chi connectivity index (χ3n) is 3.39. The van der Waals surface area contributed by atoms with Crippen molar-refractivity contribution in [2.75, 3.05) is 7.11 Å². The Morgan fingerprint density at radius 1 is 1.29 bits per heavy atom. The standard InChI is InChI=1S/C12H12N2O3/c1-17-10(15)12(4-5-12)7-2-3-8-9(6-7)14-11(16)13-8/h2-3,6H,4-5H2,1H3,(H2,13,14,16). The molecule has 0 spiro atoms. The van der Waals surface area contributed by atoms with Crippen molar-refractivity contribution in [3.05, 3.63) is 34.2 Å². The van der Waals surface area contributed by atoms with E-state index in [9.17, 15) is 9.59 Å². The number of nitrogens with one attached hydrogen (secondary N) is 2. The van der Waals surface area contributed by atoms with E-state index in [1.807, 2.05) is 18.2 Å². The zero-order chi connectivity index (χ0) is 12.0.